The maximum absolute atomic E-state index is 14.5. The van der Waals surface area contributed by atoms with Crippen molar-refractivity contribution in [2.75, 3.05) is 25.7 Å². The molecule has 2 atom stereocenters. The Balaban J connectivity index is 1.67. The Kier molecular flexibility index (Phi) is 7.75. The van der Waals surface area contributed by atoms with Crippen LogP contribution < -0.4 is 14.4 Å². The molecule has 1 aliphatic heterocycles. The molecule has 12 heteroatoms. The number of aliphatic hydroxyl groups is 1. The standard InChI is InChI=1S/C27H22Cl2F3NO6/c1-14(26(36,27(30,31)32)15-4-9-23-22(10-15)33(2)24(34)13-38-23)18-7-5-16(11-20(18)28)39-17-6-8-19(21(29)12-17)25(35)37-3/h4-12,14,36H,13H2,1-3H3/t14-,26-/m1/s1. The van der Waals surface area contributed by atoms with Gasteiger partial charge in [-0.25, -0.2) is 4.79 Å². The highest BCUT2D eigenvalue weighted by atomic mass is 35.5. The second-order valence-electron chi connectivity index (χ2n) is 8.83. The number of likely N-dealkylation sites (N-methyl/N-ethyl adjacent to an activating group) is 1. The Morgan fingerprint density at radius 1 is 1.05 bits per heavy atom. The molecule has 0 bridgehead atoms. The first-order chi connectivity index (χ1) is 18.3. The smallest absolute Gasteiger partial charge is 0.422 e. The molecule has 3 aromatic rings. The number of nitrogens with zero attached hydrogens (tertiary/aromatic N) is 1. The van der Waals surface area contributed by atoms with Crippen LogP contribution in [0.4, 0.5) is 18.9 Å². The SMILES string of the molecule is COC(=O)c1ccc(Oc2ccc([C@@H](C)[C@@](O)(c3ccc4c(c3)N(C)C(=O)CO4)C(F)(F)F)c(Cl)c2)cc1Cl. The summed E-state index contributed by atoms with van der Waals surface area (Å²) in [6.07, 6.45) is -5.12. The molecule has 3 aromatic carbocycles. The third kappa shape index (κ3) is 5.24. The number of amides is 1. The van der Waals surface area contributed by atoms with E-state index in [4.69, 9.17) is 32.7 Å². The molecule has 0 saturated carbocycles. The summed E-state index contributed by atoms with van der Waals surface area (Å²) in [5.74, 6) is -2.00. The Morgan fingerprint density at radius 3 is 2.28 bits per heavy atom. The van der Waals surface area contributed by atoms with E-state index in [1.54, 1.807) is 0 Å². The maximum Gasteiger partial charge on any atom is 0.422 e. The van der Waals surface area contributed by atoms with E-state index < -0.39 is 35.1 Å². The Morgan fingerprint density at radius 2 is 1.69 bits per heavy atom. The number of hydrogen-bond donors (Lipinski definition) is 1. The van der Waals surface area contributed by atoms with Gasteiger partial charge in [0.2, 0.25) is 0 Å². The highest BCUT2D eigenvalue weighted by molar-refractivity contribution is 6.33. The number of fused-ring (bicyclic) bond motifs is 1. The Labute approximate surface area is 231 Å². The van der Waals surface area contributed by atoms with E-state index in [0.29, 0.717) is 0 Å². The van der Waals surface area contributed by atoms with Crippen molar-refractivity contribution >= 4 is 40.8 Å². The quantitative estimate of drug-likeness (QED) is 0.334. The number of hydrogen-bond acceptors (Lipinski definition) is 6. The van der Waals surface area contributed by atoms with Crippen LogP contribution in [-0.2, 0) is 15.1 Å². The van der Waals surface area contributed by atoms with Gasteiger partial charge < -0.3 is 24.2 Å². The fraction of sp³-hybridized carbons (Fsp3) is 0.259. The fourth-order valence-electron chi connectivity index (χ4n) is 4.29. The van der Waals surface area contributed by atoms with Crippen molar-refractivity contribution < 1.29 is 42.1 Å². The first-order valence-electron chi connectivity index (χ1n) is 11.5. The molecule has 0 unspecified atom stereocenters. The number of methoxy groups -OCH3 is 1. The second kappa shape index (κ2) is 10.6. The van der Waals surface area contributed by atoms with E-state index in [1.165, 1.54) is 68.4 Å². The zero-order valence-electron chi connectivity index (χ0n) is 20.8. The van der Waals surface area contributed by atoms with Crippen LogP contribution in [0.15, 0.2) is 54.6 Å². The van der Waals surface area contributed by atoms with Crippen LogP contribution in [0.3, 0.4) is 0 Å². The number of esters is 1. The van der Waals surface area contributed by atoms with E-state index in [0.717, 1.165) is 12.1 Å². The van der Waals surface area contributed by atoms with Crippen LogP contribution in [0.25, 0.3) is 0 Å². The van der Waals surface area contributed by atoms with E-state index in [1.807, 2.05) is 0 Å². The largest absolute Gasteiger partial charge is 0.482 e. The van der Waals surface area contributed by atoms with Crippen molar-refractivity contribution in [1.29, 1.82) is 0 Å². The highest BCUT2D eigenvalue weighted by Crippen LogP contribution is 2.51. The fourth-order valence-corrected chi connectivity index (χ4v) is 4.87. The van der Waals surface area contributed by atoms with Gasteiger partial charge in [-0.2, -0.15) is 13.2 Å². The number of anilines is 1. The van der Waals surface area contributed by atoms with Crippen molar-refractivity contribution in [3.05, 3.63) is 81.3 Å². The zero-order chi connectivity index (χ0) is 28.7. The predicted octanol–water partition coefficient (Wildman–Crippen LogP) is 6.48. The molecule has 0 radical (unpaired) electrons. The summed E-state index contributed by atoms with van der Waals surface area (Å²) in [6.45, 7) is 0.958. The van der Waals surface area contributed by atoms with E-state index in [-0.39, 0.29) is 50.7 Å². The summed E-state index contributed by atoms with van der Waals surface area (Å²) in [4.78, 5) is 24.9. The molecule has 0 aromatic heterocycles. The van der Waals surface area contributed by atoms with Crippen molar-refractivity contribution in [3.8, 4) is 17.2 Å². The minimum atomic E-state index is -5.12. The van der Waals surface area contributed by atoms with E-state index >= 15 is 0 Å². The topological polar surface area (TPSA) is 85.3 Å². The molecule has 0 spiro atoms. The molecule has 206 valence electrons. The van der Waals surface area contributed by atoms with E-state index in [2.05, 4.69) is 4.74 Å². The summed E-state index contributed by atoms with van der Waals surface area (Å²) < 4.78 is 59.2. The third-order valence-corrected chi connectivity index (χ3v) is 7.20. The lowest BCUT2D eigenvalue weighted by Gasteiger charge is -2.38. The van der Waals surface area contributed by atoms with Crippen molar-refractivity contribution in [3.63, 3.8) is 0 Å². The van der Waals surface area contributed by atoms with Crippen LogP contribution in [0, 0.1) is 0 Å². The van der Waals surface area contributed by atoms with Crippen molar-refractivity contribution in [2.24, 2.45) is 0 Å². The first kappa shape index (κ1) is 28.5. The lowest BCUT2D eigenvalue weighted by Crippen LogP contribution is -2.47. The van der Waals surface area contributed by atoms with Crippen LogP contribution in [0.1, 0.15) is 34.3 Å². The van der Waals surface area contributed by atoms with E-state index in [9.17, 15) is 27.9 Å². The minimum absolute atomic E-state index is 0.00122. The maximum atomic E-state index is 14.5. The van der Waals surface area contributed by atoms with Crippen LogP contribution in [-0.4, -0.2) is 43.9 Å². The molecule has 4 rings (SSSR count). The number of benzene rings is 3. The molecular formula is C27H22Cl2F3NO6. The van der Waals surface area contributed by atoms with Crippen LogP contribution >= 0.6 is 23.2 Å². The molecule has 1 amide bonds. The molecule has 0 fully saturated rings. The lowest BCUT2D eigenvalue weighted by molar-refractivity contribution is -0.274. The monoisotopic (exact) mass is 583 g/mol. The van der Waals surface area contributed by atoms with Gasteiger partial charge in [-0.1, -0.05) is 42.3 Å². The molecule has 0 aliphatic carbocycles. The number of alkyl halides is 3. The van der Waals surface area contributed by atoms with Gasteiger partial charge in [0, 0.05) is 24.1 Å². The summed E-state index contributed by atoms with van der Waals surface area (Å²) in [6, 6.07) is 11.7. The van der Waals surface area contributed by atoms with Gasteiger partial charge in [0.15, 0.2) is 12.2 Å². The predicted molar refractivity (Wildman–Crippen MR) is 138 cm³/mol. The van der Waals surface area contributed by atoms with Gasteiger partial charge in [-0.15, -0.1) is 0 Å². The molecule has 7 nitrogen and oxygen atoms in total. The average Bonchev–Trinajstić information content (AvgIpc) is 2.89. The molecule has 1 heterocycles. The number of ether oxygens (including phenoxy) is 3. The summed E-state index contributed by atoms with van der Waals surface area (Å²) in [5, 5.41) is 11.2. The van der Waals surface area contributed by atoms with Gasteiger partial charge in [-0.05, 0) is 47.5 Å². The lowest BCUT2D eigenvalue weighted by atomic mass is 9.77. The zero-order valence-corrected chi connectivity index (χ0v) is 22.3. The third-order valence-electron chi connectivity index (χ3n) is 6.56. The van der Waals surface area contributed by atoms with Crippen LogP contribution in [0.2, 0.25) is 10.0 Å². The molecular weight excluding hydrogens is 562 g/mol. The normalized spacial score (nSPS) is 15.6. The Bertz CT molecular complexity index is 1450. The minimum Gasteiger partial charge on any atom is -0.482 e. The van der Waals surface area contributed by atoms with Crippen molar-refractivity contribution in [1.82, 2.24) is 0 Å². The van der Waals surface area contributed by atoms with Crippen LogP contribution in [0.5, 0.6) is 17.2 Å². The second-order valence-corrected chi connectivity index (χ2v) is 9.64. The Hall–Kier alpha value is -3.47. The number of rotatable bonds is 6. The molecule has 39 heavy (non-hydrogen) atoms. The molecule has 1 N–H and O–H groups in total. The van der Waals surface area contributed by atoms with Gasteiger partial charge in [0.25, 0.3) is 5.91 Å². The molecule has 0 saturated heterocycles. The summed E-state index contributed by atoms with van der Waals surface area (Å²) in [7, 11) is 2.63. The number of halogens is 5. The summed E-state index contributed by atoms with van der Waals surface area (Å²) in [5.41, 5.74) is -3.62. The molecule has 1 aliphatic rings. The number of carbonyl (C=O) groups excluding carboxylic acids is 2. The number of carbonyl (C=O) groups is 2. The van der Waals surface area contributed by atoms with Crippen molar-refractivity contribution in [2.45, 2.75) is 24.6 Å². The average molecular weight is 584 g/mol. The van der Waals surface area contributed by atoms with Gasteiger partial charge in [-0.3, -0.25) is 4.79 Å². The first-order valence-corrected chi connectivity index (χ1v) is 12.2. The highest BCUT2D eigenvalue weighted by Gasteiger charge is 2.59. The van der Waals surface area contributed by atoms with Gasteiger partial charge in [0.1, 0.15) is 17.2 Å². The van der Waals surface area contributed by atoms with Gasteiger partial charge >= 0.3 is 12.1 Å². The summed E-state index contributed by atoms with van der Waals surface area (Å²) >= 11 is 12.5. The van der Waals surface area contributed by atoms with Gasteiger partial charge in [0.05, 0.1) is 23.4 Å².